The normalized spacial score (nSPS) is 10.2. The van der Waals surface area contributed by atoms with Gasteiger partial charge >= 0.3 is 0 Å². The molecule has 19 heavy (non-hydrogen) atoms. The second-order valence-electron chi connectivity index (χ2n) is 3.65. The van der Waals surface area contributed by atoms with E-state index in [0.717, 1.165) is 12.1 Å². The Morgan fingerprint density at radius 2 is 2.21 bits per heavy atom. The topological polar surface area (TPSA) is 43.4 Å². The number of ketones is 1. The van der Waals surface area contributed by atoms with Crippen LogP contribution >= 0.6 is 27.3 Å². The molecular formula is C13H8BrFO3S. The average molecular weight is 343 g/mol. The Bertz CT molecular complexity index is 624. The van der Waals surface area contributed by atoms with Gasteiger partial charge in [0.05, 0.1) is 4.88 Å². The third kappa shape index (κ3) is 3.48. The largest absolute Gasteiger partial charge is 0.485 e. The van der Waals surface area contributed by atoms with E-state index >= 15 is 0 Å². The second-order valence-corrected chi connectivity index (χ2v) is 5.42. The lowest BCUT2D eigenvalue weighted by molar-refractivity contribution is 0.0924. The van der Waals surface area contributed by atoms with Crippen LogP contribution < -0.4 is 4.74 Å². The Morgan fingerprint density at radius 1 is 1.42 bits per heavy atom. The van der Waals surface area contributed by atoms with Crippen LogP contribution in [-0.4, -0.2) is 18.7 Å². The van der Waals surface area contributed by atoms with Crippen molar-refractivity contribution in [1.82, 2.24) is 0 Å². The van der Waals surface area contributed by atoms with Crippen molar-refractivity contribution in [3.05, 3.63) is 50.4 Å². The number of carbonyl (C=O) groups is 2. The maximum atomic E-state index is 13.1. The summed E-state index contributed by atoms with van der Waals surface area (Å²) < 4.78 is 19.1. The van der Waals surface area contributed by atoms with Crippen molar-refractivity contribution in [1.29, 1.82) is 0 Å². The number of rotatable bonds is 5. The first-order valence-electron chi connectivity index (χ1n) is 5.25. The Balaban J connectivity index is 2.07. The van der Waals surface area contributed by atoms with Gasteiger partial charge in [0.25, 0.3) is 0 Å². The van der Waals surface area contributed by atoms with E-state index in [1.54, 1.807) is 11.4 Å². The molecule has 2 rings (SSSR count). The highest BCUT2D eigenvalue weighted by atomic mass is 79.9. The van der Waals surface area contributed by atoms with E-state index in [1.165, 1.54) is 17.4 Å². The minimum atomic E-state index is -0.579. The fraction of sp³-hybridized carbons (Fsp3) is 0.0769. The highest BCUT2D eigenvalue weighted by Gasteiger charge is 2.12. The van der Waals surface area contributed by atoms with Gasteiger partial charge < -0.3 is 4.74 Å². The molecule has 6 heteroatoms. The first-order chi connectivity index (χ1) is 9.10. The zero-order chi connectivity index (χ0) is 13.8. The Labute approximate surface area is 121 Å². The number of halogens is 2. The molecule has 2 aromatic rings. The second kappa shape index (κ2) is 6.08. The molecule has 1 heterocycles. The van der Waals surface area contributed by atoms with Crippen LogP contribution in [0.2, 0.25) is 0 Å². The highest BCUT2D eigenvalue weighted by Crippen LogP contribution is 2.23. The van der Waals surface area contributed by atoms with Crippen molar-refractivity contribution in [3.63, 3.8) is 0 Å². The maximum absolute atomic E-state index is 13.1. The lowest BCUT2D eigenvalue weighted by Crippen LogP contribution is -2.10. The zero-order valence-electron chi connectivity index (χ0n) is 9.56. The van der Waals surface area contributed by atoms with E-state index in [-0.39, 0.29) is 23.7 Å². The van der Waals surface area contributed by atoms with Crippen molar-refractivity contribution in [2.45, 2.75) is 0 Å². The number of aldehydes is 1. The lowest BCUT2D eigenvalue weighted by atomic mass is 10.2. The van der Waals surface area contributed by atoms with Crippen molar-refractivity contribution in [2.24, 2.45) is 0 Å². The van der Waals surface area contributed by atoms with Crippen LogP contribution in [0, 0.1) is 5.82 Å². The van der Waals surface area contributed by atoms with Crippen molar-refractivity contribution in [3.8, 4) is 5.75 Å². The molecule has 0 bridgehead atoms. The van der Waals surface area contributed by atoms with Crippen LogP contribution in [0.4, 0.5) is 4.39 Å². The molecule has 0 aliphatic rings. The molecule has 0 fully saturated rings. The number of ether oxygens (including phenoxy) is 1. The number of hydrogen-bond acceptors (Lipinski definition) is 4. The van der Waals surface area contributed by atoms with Gasteiger partial charge in [0.2, 0.25) is 5.78 Å². The van der Waals surface area contributed by atoms with Gasteiger partial charge in [-0.3, -0.25) is 9.59 Å². The number of Topliss-reactive ketones (excluding diaryl/α,β-unsaturated/α-hetero) is 1. The lowest BCUT2D eigenvalue weighted by Gasteiger charge is -2.05. The number of thiophene rings is 1. The minimum absolute atomic E-state index is 0.156. The van der Waals surface area contributed by atoms with Crippen LogP contribution in [0.25, 0.3) is 0 Å². The van der Waals surface area contributed by atoms with Gasteiger partial charge in [-0.05, 0) is 39.5 Å². The molecule has 0 aliphatic carbocycles. The van der Waals surface area contributed by atoms with Gasteiger partial charge in [-0.2, -0.15) is 0 Å². The van der Waals surface area contributed by atoms with Crippen LogP contribution in [0.1, 0.15) is 20.0 Å². The predicted octanol–water partition coefficient (Wildman–Crippen LogP) is 3.72. The Hall–Kier alpha value is -1.53. The molecular weight excluding hydrogens is 335 g/mol. The molecule has 0 saturated heterocycles. The van der Waals surface area contributed by atoms with E-state index < -0.39 is 5.82 Å². The zero-order valence-corrected chi connectivity index (χ0v) is 12.0. The fourth-order valence-corrected chi connectivity index (χ4v) is 2.96. The quantitative estimate of drug-likeness (QED) is 0.614. The number of carbonyl (C=O) groups excluding carboxylic acids is 2. The van der Waals surface area contributed by atoms with Gasteiger partial charge in [-0.15, -0.1) is 11.3 Å². The first-order valence-corrected chi connectivity index (χ1v) is 6.92. The number of hydrogen-bond donors (Lipinski definition) is 0. The molecule has 0 N–H and O–H groups in total. The summed E-state index contributed by atoms with van der Waals surface area (Å²) in [7, 11) is 0. The summed E-state index contributed by atoms with van der Waals surface area (Å²) in [5.74, 6) is -0.633. The predicted molar refractivity (Wildman–Crippen MR) is 73.6 cm³/mol. The van der Waals surface area contributed by atoms with Crippen LogP contribution in [0.3, 0.4) is 0 Å². The first kappa shape index (κ1) is 13.9. The van der Waals surface area contributed by atoms with E-state index in [1.807, 2.05) is 0 Å². The summed E-state index contributed by atoms with van der Waals surface area (Å²) in [5, 5.41) is 1.78. The maximum Gasteiger partial charge on any atom is 0.211 e. The van der Waals surface area contributed by atoms with Crippen molar-refractivity contribution in [2.75, 3.05) is 6.61 Å². The van der Waals surface area contributed by atoms with Crippen LogP contribution in [-0.2, 0) is 0 Å². The Kier molecular flexibility index (Phi) is 4.44. The molecule has 0 aliphatic heterocycles. The summed E-state index contributed by atoms with van der Waals surface area (Å²) >= 11 is 4.55. The van der Waals surface area contributed by atoms with Gasteiger partial charge in [0.15, 0.2) is 6.61 Å². The van der Waals surface area contributed by atoms with Gasteiger partial charge in [0.1, 0.15) is 17.9 Å². The summed E-state index contributed by atoms with van der Waals surface area (Å²) in [6.45, 7) is -0.207. The smallest absolute Gasteiger partial charge is 0.211 e. The summed E-state index contributed by atoms with van der Waals surface area (Å²) in [4.78, 5) is 23.0. The summed E-state index contributed by atoms with van der Waals surface area (Å²) in [5.41, 5.74) is 0.166. The molecule has 0 saturated carbocycles. The number of benzene rings is 1. The summed E-state index contributed by atoms with van der Waals surface area (Å²) in [6.07, 6.45) is 0.521. The molecule has 1 aromatic carbocycles. The highest BCUT2D eigenvalue weighted by molar-refractivity contribution is 9.10. The SMILES string of the molecule is O=Cc1cc(F)cc(OCC(=O)c2sccc2Br)c1. The molecule has 0 unspecified atom stereocenters. The standard InChI is InChI=1S/C13H8BrFO3S/c14-11-1-2-19-13(11)12(17)7-18-10-4-8(6-16)3-9(15)5-10/h1-6H,7H2. The van der Waals surface area contributed by atoms with Crippen molar-refractivity contribution < 1.29 is 18.7 Å². The van der Waals surface area contributed by atoms with E-state index in [4.69, 9.17) is 4.74 Å². The summed E-state index contributed by atoms with van der Waals surface area (Å²) in [6, 6.07) is 5.37. The minimum Gasteiger partial charge on any atom is -0.485 e. The molecule has 1 aromatic heterocycles. The molecule has 3 nitrogen and oxygen atoms in total. The van der Waals surface area contributed by atoms with E-state index in [2.05, 4.69) is 15.9 Å². The molecule has 0 amide bonds. The average Bonchev–Trinajstić information content (AvgIpc) is 2.81. The van der Waals surface area contributed by atoms with Crippen LogP contribution in [0.15, 0.2) is 34.1 Å². The van der Waals surface area contributed by atoms with Crippen LogP contribution in [0.5, 0.6) is 5.75 Å². The third-order valence-electron chi connectivity index (χ3n) is 2.27. The Morgan fingerprint density at radius 3 is 2.84 bits per heavy atom. The van der Waals surface area contributed by atoms with Gasteiger partial charge in [-0.1, -0.05) is 0 Å². The molecule has 0 spiro atoms. The monoisotopic (exact) mass is 342 g/mol. The molecule has 0 atom stereocenters. The van der Waals surface area contributed by atoms with Gasteiger partial charge in [0, 0.05) is 16.1 Å². The van der Waals surface area contributed by atoms with Crippen molar-refractivity contribution >= 4 is 39.3 Å². The molecule has 98 valence electrons. The third-order valence-corrected chi connectivity index (χ3v) is 4.15. The van der Waals surface area contributed by atoms with E-state index in [0.29, 0.717) is 15.6 Å². The molecule has 0 radical (unpaired) electrons. The van der Waals surface area contributed by atoms with E-state index in [9.17, 15) is 14.0 Å². The fourth-order valence-electron chi connectivity index (χ4n) is 1.44. The van der Waals surface area contributed by atoms with Gasteiger partial charge in [-0.25, -0.2) is 4.39 Å².